The number of piperidine rings is 1. The second-order valence-corrected chi connectivity index (χ2v) is 11.8. The molecule has 1 N–H and O–H groups in total. The standard InChI is InChI=1S/C24H32FN9O6S/c1-14(2)40-16-8-17(12-33(11-16)23-26-9-15(25)10-27-23)41(35,36)32-24-31-30-20(18-6-5-7-39-18)34(24)19-21(37-3)28-13-29-22(19)38-4/h9-10,13-14,16-18H,5-8,11-12H2,1-4H3,(H,31,32)/t16-,17+,18+/m1/s1. The number of aromatic nitrogens is 7. The van der Waals surface area contributed by atoms with Crippen LogP contribution in [-0.2, 0) is 19.5 Å². The summed E-state index contributed by atoms with van der Waals surface area (Å²) in [6, 6.07) is 0. The van der Waals surface area contributed by atoms with Crippen LogP contribution in [-0.4, -0.2) is 94.5 Å². The Bertz CT molecular complexity index is 1430. The van der Waals surface area contributed by atoms with Crippen LogP contribution in [0.25, 0.3) is 5.69 Å². The highest BCUT2D eigenvalue weighted by atomic mass is 32.2. The van der Waals surface area contributed by atoms with Crippen molar-refractivity contribution in [2.24, 2.45) is 0 Å². The van der Waals surface area contributed by atoms with Gasteiger partial charge in [0.25, 0.3) is 0 Å². The Hall–Kier alpha value is -3.70. The number of nitrogens with zero attached hydrogens (tertiary/aromatic N) is 8. The first-order chi connectivity index (χ1) is 19.7. The number of methoxy groups -OCH3 is 2. The van der Waals surface area contributed by atoms with Crippen LogP contribution in [0.2, 0.25) is 0 Å². The predicted molar refractivity (Wildman–Crippen MR) is 143 cm³/mol. The zero-order valence-electron chi connectivity index (χ0n) is 23.1. The van der Waals surface area contributed by atoms with Gasteiger partial charge < -0.3 is 23.8 Å². The number of hydrogen-bond donors (Lipinski definition) is 1. The van der Waals surface area contributed by atoms with Gasteiger partial charge in [-0.2, -0.15) is 9.97 Å². The third-order valence-electron chi connectivity index (χ3n) is 6.67. The summed E-state index contributed by atoms with van der Waals surface area (Å²) >= 11 is 0. The lowest BCUT2D eigenvalue weighted by Crippen LogP contribution is -2.51. The average Bonchev–Trinajstić information content (AvgIpc) is 3.62. The van der Waals surface area contributed by atoms with E-state index in [1.807, 2.05) is 13.8 Å². The molecule has 0 aromatic carbocycles. The van der Waals surface area contributed by atoms with E-state index >= 15 is 0 Å². The molecule has 0 spiro atoms. The number of ether oxygens (including phenoxy) is 4. The maximum Gasteiger partial charge on any atom is 0.245 e. The Kier molecular flexibility index (Phi) is 8.46. The highest BCUT2D eigenvalue weighted by Gasteiger charge is 2.39. The quantitative estimate of drug-likeness (QED) is 0.361. The first-order valence-electron chi connectivity index (χ1n) is 13.1. The van der Waals surface area contributed by atoms with E-state index in [1.165, 1.54) is 25.1 Å². The molecule has 0 bridgehead atoms. The highest BCUT2D eigenvalue weighted by molar-refractivity contribution is 7.93. The molecule has 41 heavy (non-hydrogen) atoms. The molecule has 2 aliphatic heterocycles. The van der Waals surface area contributed by atoms with Gasteiger partial charge in [-0.05, 0) is 33.1 Å². The zero-order valence-corrected chi connectivity index (χ0v) is 23.9. The minimum absolute atomic E-state index is 0.0345. The van der Waals surface area contributed by atoms with E-state index in [9.17, 15) is 12.8 Å². The van der Waals surface area contributed by atoms with Crippen molar-refractivity contribution < 1.29 is 31.8 Å². The average molecular weight is 594 g/mol. The number of sulfonamides is 1. The number of halogens is 1. The van der Waals surface area contributed by atoms with Crippen molar-refractivity contribution in [3.05, 3.63) is 30.4 Å². The van der Waals surface area contributed by atoms with Crippen LogP contribution >= 0.6 is 0 Å². The van der Waals surface area contributed by atoms with Crippen LogP contribution in [0.4, 0.5) is 16.3 Å². The highest BCUT2D eigenvalue weighted by Crippen LogP contribution is 2.37. The molecule has 0 aliphatic carbocycles. The van der Waals surface area contributed by atoms with E-state index in [2.05, 4.69) is 34.9 Å². The first-order valence-corrected chi connectivity index (χ1v) is 14.6. The third kappa shape index (κ3) is 6.15. The molecule has 3 aromatic heterocycles. The van der Waals surface area contributed by atoms with Gasteiger partial charge in [0, 0.05) is 19.7 Å². The molecule has 3 atom stereocenters. The van der Waals surface area contributed by atoms with Crippen LogP contribution in [0.15, 0.2) is 18.7 Å². The lowest BCUT2D eigenvalue weighted by Gasteiger charge is -2.37. The molecule has 0 unspecified atom stereocenters. The van der Waals surface area contributed by atoms with Gasteiger partial charge in [-0.25, -0.2) is 22.8 Å². The normalized spacial score (nSPS) is 21.3. The molecule has 5 rings (SSSR count). The third-order valence-corrected chi connectivity index (χ3v) is 8.36. The minimum atomic E-state index is -4.12. The summed E-state index contributed by atoms with van der Waals surface area (Å²) in [5, 5.41) is 7.50. The van der Waals surface area contributed by atoms with Gasteiger partial charge in [-0.1, -0.05) is 0 Å². The fourth-order valence-electron chi connectivity index (χ4n) is 4.97. The van der Waals surface area contributed by atoms with Crippen molar-refractivity contribution in [3.8, 4) is 17.4 Å². The number of hydrogen-bond acceptors (Lipinski definition) is 13. The van der Waals surface area contributed by atoms with E-state index in [-0.39, 0.29) is 48.4 Å². The Balaban J connectivity index is 1.52. The zero-order chi connectivity index (χ0) is 29.1. The Morgan fingerprint density at radius 1 is 1.07 bits per heavy atom. The van der Waals surface area contributed by atoms with Gasteiger partial charge in [0.05, 0.1) is 38.8 Å². The number of rotatable bonds is 10. The molecule has 222 valence electrons. The maximum absolute atomic E-state index is 13.9. The van der Waals surface area contributed by atoms with Crippen molar-refractivity contribution in [1.29, 1.82) is 0 Å². The van der Waals surface area contributed by atoms with E-state index in [0.717, 1.165) is 18.8 Å². The Morgan fingerprint density at radius 3 is 2.39 bits per heavy atom. The molecule has 0 saturated carbocycles. The summed E-state index contributed by atoms with van der Waals surface area (Å²) in [5.41, 5.74) is 0.219. The molecule has 15 nitrogen and oxygen atoms in total. The molecular weight excluding hydrogens is 561 g/mol. The monoisotopic (exact) mass is 593 g/mol. The molecule has 2 saturated heterocycles. The van der Waals surface area contributed by atoms with Crippen molar-refractivity contribution in [2.75, 3.05) is 43.5 Å². The van der Waals surface area contributed by atoms with Gasteiger partial charge in [0.2, 0.25) is 33.7 Å². The van der Waals surface area contributed by atoms with E-state index in [4.69, 9.17) is 18.9 Å². The Morgan fingerprint density at radius 2 is 1.78 bits per heavy atom. The second kappa shape index (κ2) is 12.0. The minimum Gasteiger partial charge on any atom is -0.479 e. The molecule has 2 fully saturated rings. The predicted octanol–water partition coefficient (Wildman–Crippen LogP) is 1.67. The van der Waals surface area contributed by atoms with Crippen molar-refractivity contribution in [2.45, 2.75) is 56.7 Å². The molecule has 0 amide bonds. The lowest BCUT2D eigenvalue weighted by molar-refractivity contribution is 0.00147. The largest absolute Gasteiger partial charge is 0.479 e. The van der Waals surface area contributed by atoms with Gasteiger partial charge in [-0.15, -0.1) is 10.2 Å². The Labute approximate surface area is 236 Å². The summed E-state index contributed by atoms with van der Waals surface area (Å²) in [5.74, 6) is 0.0844. The SMILES string of the molecule is COc1ncnc(OC)c1-n1c(NS(=O)(=O)[C@H]2C[C@@H](OC(C)C)CN(c3ncc(F)cn3)C2)nnc1[C@@H]1CCCO1. The number of anilines is 2. The van der Waals surface area contributed by atoms with Gasteiger partial charge in [0.15, 0.2) is 17.3 Å². The molecule has 3 aromatic rings. The number of nitrogens with one attached hydrogen (secondary N) is 1. The van der Waals surface area contributed by atoms with Crippen molar-refractivity contribution in [3.63, 3.8) is 0 Å². The van der Waals surface area contributed by atoms with Crippen molar-refractivity contribution in [1.82, 2.24) is 34.7 Å². The molecular formula is C24H32FN9O6S. The van der Waals surface area contributed by atoms with Crippen LogP contribution in [0.1, 0.15) is 45.0 Å². The van der Waals surface area contributed by atoms with Crippen LogP contribution in [0.3, 0.4) is 0 Å². The van der Waals surface area contributed by atoms with Gasteiger partial charge in [-0.3, -0.25) is 9.29 Å². The van der Waals surface area contributed by atoms with E-state index in [0.29, 0.717) is 25.4 Å². The van der Waals surface area contributed by atoms with Crippen LogP contribution in [0, 0.1) is 5.82 Å². The lowest BCUT2D eigenvalue weighted by atomic mass is 10.1. The molecule has 2 aliphatic rings. The summed E-state index contributed by atoms with van der Waals surface area (Å²) in [7, 11) is -1.27. The molecule has 17 heteroatoms. The summed E-state index contributed by atoms with van der Waals surface area (Å²) in [6.07, 6.45) is 3.94. The molecule has 5 heterocycles. The maximum atomic E-state index is 13.9. The fraction of sp³-hybridized carbons (Fsp3) is 0.583. The molecule has 0 radical (unpaired) electrons. The smallest absolute Gasteiger partial charge is 0.245 e. The summed E-state index contributed by atoms with van der Waals surface area (Å²) < 4.78 is 68.2. The summed E-state index contributed by atoms with van der Waals surface area (Å²) in [4.78, 5) is 18.1. The van der Waals surface area contributed by atoms with E-state index < -0.39 is 33.3 Å². The van der Waals surface area contributed by atoms with Crippen LogP contribution in [0.5, 0.6) is 11.8 Å². The van der Waals surface area contributed by atoms with Crippen molar-refractivity contribution >= 4 is 21.9 Å². The van der Waals surface area contributed by atoms with Gasteiger partial charge in [0.1, 0.15) is 17.7 Å². The first kappa shape index (κ1) is 28.8. The van der Waals surface area contributed by atoms with Gasteiger partial charge >= 0.3 is 0 Å². The second-order valence-electron chi connectivity index (χ2n) is 9.88. The van der Waals surface area contributed by atoms with E-state index in [1.54, 1.807) is 4.90 Å². The summed E-state index contributed by atoms with van der Waals surface area (Å²) in [6.45, 7) is 4.64. The topological polar surface area (TPSA) is 169 Å². The fourth-order valence-corrected chi connectivity index (χ4v) is 6.37. The van der Waals surface area contributed by atoms with Crippen LogP contribution < -0.4 is 19.1 Å².